The lowest BCUT2D eigenvalue weighted by molar-refractivity contribution is -0.153. The lowest BCUT2D eigenvalue weighted by atomic mass is 9.79. The minimum Gasteiger partial charge on any atom is -0.365 e. The predicted octanol–water partition coefficient (Wildman–Crippen LogP) is 2.95. The van der Waals surface area contributed by atoms with Crippen LogP contribution in [0.1, 0.15) is 66.2 Å². The summed E-state index contributed by atoms with van der Waals surface area (Å²) in [6.45, 7) is 10.2. The van der Waals surface area contributed by atoms with Gasteiger partial charge in [-0.2, -0.15) is 0 Å². The van der Waals surface area contributed by atoms with E-state index in [0.29, 0.717) is 0 Å². The monoisotopic (exact) mass is 310 g/mol. The van der Waals surface area contributed by atoms with E-state index in [1.807, 2.05) is 4.90 Å². The van der Waals surface area contributed by atoms with Crippen LogP contribution in [-0.4, -0.2) is 42.1 Å². The minimum atomic E-state index is -0.277. The second-order valence-electron chi connectivity index (χ2n) is 8.07. The van der Waals surface area contributed by atoms with Crippen LogP contribution in [0.25, 0.3) is 0 Å². The summed E-state index contributed by atoms with van der Waals surface area (Å²) in [5.74, 6) is 0.888. The third kappa shape index (κ3) is 4.23. The first kappa shape index (κ1) is 17.7. The molecule has 1 heterocycles. The maximum Gasteiger partial charge on any atom is 0.251 e. The standard InChI is InChI=1S/C18H34N2O2/c1-5-15(22-14-8-6-7-13(2)11-14)17(21)20-10-9-16(19)18(3,4)12-20/h13-16H,5-12,19H2,1-4H3. The van der Waals surface area contributed by atoms with E-state index in [1.54, 1.807) is 0 Å². The number of nitrogens with two attached hydrogens (primary N) is 1. The second kappa shape index (κ2) is 7.31. The van der Waals surface area contributed by atoms with Gasteiger partial charge in [-0.25, -0.2) is 0 Å². The van der Waals surface area contributed by atoms with Crippen LogP contribution in [-0.2, 0) is 9.53 Å². The van der Waals surface area contributed by atoms with Gasteiger partial charge in [0, 0.05) is 19.1 Å². The molecule has 1 amide bonds. The maximum absolute atomic E-state index is 12.8. The van der Waals surface area contributed by atoms with Crippen molar-refractivity contribution in [2.75, 3.05) is 13.1 Å². The molecule has 128 valence electrons. The molecule has 2 rings (SSSR count). The normalized spacial score (nSPS) is 33.5. The molecule has 4 nitrogen and oxygen atoms in total. The molecular formula is C18H34N2O2. The van der Waals surface area contributed by atoms with Crippen molar-refractivity contribution in [3.63, 3.8) is 0 Å². The topological polar surface area (TPSA) is 55.6 Å². The second-order valence-corrected chi connectivity index (χ2v) is 8.07. The van der Waals surface area contributed by atoms with Crippen LogP contribution in [0.3, 0.4) is 0 Å². The molecule has 0 aromatic carbocycles. The zero-order valence-corrected chi connectivity index (χ0v) is 14.8. The molecule has 0 aromatic rings. The number of carbonyl (C=O) groups is 1. The van der Waals surface area contributed by atoms with E-state index in [1.165, 1.54) is 12.8 Å². The van der Waals surface area contributed by atoms with E-state index in [0.717, 1.165) is 44.7 Å². The van der Waals surface area contributed by atoms with Crippen molar-refractivity contribution in [3.05, 3.63) is 0 Å². The number of likely N-dealkylation sites (tertiary alicyclic amines) is 1. The molecule has 0 bridgehead atoms. The number of amides is 1. The molecule has 2 aliphatic rings. The van der Waals surface area contributed by atoms with Gasteiger partial charge in [0.25, 0.3) is 5.91 Å². The molecule has 4 atom stereocenters. The lowest BCUT2D eigenvalue weighted by Gasteiger charge is -2.43. The highest BCUT2D eigenvalue weighted by Gasteiger charge is 2.37. The summed E-state index contributed by atoms with van der Waals surface area (Å²) in [6.07, 6.45) is 6.34. The highest BCUT2D eigenvalue weighted by atomic mass is 16.5. The Hall–Kier alpha value is -0.610. The van der Waals surface area contributed by atoms with Gasteiger partial charge in [0.05, 0.1) is 6.10 Å². The Balaban J connectivity index is 1.94. The van der Waals surface area contributed by atoms with Gasteiger partial charge in [-0.1, -0.05) is 40.5 Å². The van der Waals surface area contributed by atoms with E-state index < -0.39 is 0 Å². The minimum absolute atomic E-state index is 0.00838. The molecular weight excluding hydrogens is 276 g/mol. The third-order valence-corrected chi connectivity index (χ3v) is 5.52. The maximum atomic E-state index is 12.8. The van der Waals surface area contributed by atoms with Crippen LogP contribution in [0, 0.1) is 11.3 Å². The largest absolute Gasteiger partial charge is 0.365 e. The van der Waals surface area contributed by atoms with Crippen LogP contribution < -0.4 is 5.73 Å². The smallest absolute Gasteiger partial charge is 0.251 e. The van der Waals surface area contributed by atoms with E-state index in [4.69, 9.17) is 10.5 Å². The van der Waals surface area contributed by atoms with Gasteiger partial charge >= 0.3 is 0 Å². The summed E-state index contributed by atoms with van der Waals surface area (Å²) in [4.78, 5) is 14.8. The molecule has 4 unspecified atom stereocenters. The average Bonchev–Trinajstić information content (AvgIpc) is 2.47. The highest BCUT2D eigenvalue weighted by molar-refractivity contribution is 5.81. The molecule has 1 aliphatic carbocycles. The Morgan fingerprint density at radius 3 is 2.68 bits per heavy atom. The summed E-state index contributed by atoms with van der Waals surface area (Å²) in [5, 5.41) is 0. The van der Waals surface area contributed by atoms with E-state index >= 15 is 0 Å². The number of rotatable bonds is 4. The molecule has 0 spiro atoms. The predicted molar refractivity (Wildman–Crippen MR) is 89.5 cm³/mol. The van der Waals surface area contributed by atoms with Gasteiger partial charge in [-0.3, -0.25) is 4.79 Å². The SMILES string of the molecule is CCC(OC1CCCC(C)C1)C(=O)N1CCC(N)C(C)(C)C1. The Morgan fingerprint density at radius 1 is 1.36 bits per heavy atom. The van der Waals surface area contributed by atoms with E-state index in [9.17, 15) is 4.79 Å². The van der Waals surface area contributed by atoms with Crippen molar-refractivity contribution < 1.29 is 9.53 Å². The fourth-order valence-corrected chi connectivity index (χ4v) is 3.83. The van der Waals surface area contributed by atoms with Gasteiger partial charge < -0.3 is 15.4 Å². The Morgan fingerprint density at radius 2 is 2.09 bits per heavy atom. The van der Waals surface area contributed by atoms with Gasteiger partial charge in [0.2, 0.25) is 0 Å². The number of hydrogen-bond acceptors (Lipinski definition) is 3. The van der Waals surface area contributed by atoms with Crippen LogP contribution >= 0.6 is 0 Å². The zero-order chi connectivity index (χ0) is 16.3. The summed E-state index contributed by atoms with van der Waals surface area (Å²) in [6, 6.07) is 0.178. The molecule has 4 heteroatoms. The average molecular weight is 310 g/mol. The number of piperidine rings is 1. The van der Waals surface area contributed by atoms with Gasteiger partial charge in [-0.05, 0) is 37.0 Å². The van der Waals surface area contributed by atoms with Gasteiger partial charge in [0.1, 0.15) is 6.10 Å². The van der Waals surface area contributed by atoms with Gasteiger partial charge in [-0.15, -0.1) is 0 Å². The van der Waals surface area contributed by atoms with Crippen molar-refractivity contribution in [2.45, 2.75) is 84.5 Å². The Bertz CT molecular complexity index is 383. The van der Waals surface area contributed by atoms with Crippen molar-refractivity contribution in [3.8, 4) is 0 Å². The summed E-state index contributed by atoms with van der Waals surface area (Å²) >= 11 is 0. The fourth-order valence-electron chi connectivity index (χ4n) is 3.83. The fraction of sp³-hybridized carbons (Fsp3) is 0.944. The molecule has 22 heavy (non-hydrogen) atoms. The first-order valence-corrected chi connectivity index (χ1v) is 9.03. The Kier molecular flexibility index (Phi) is 5.89. The molecule has 1 aliphatic heterocycles. The van der Waals surface area contributed by atoms with Crippen LogP contribution in [0.2, 0.25) is 0 Å². The molecule has 2 N–H and O–H groups in total. The molecule has 0 radical (unpaired) electrons. The van der Waals surface area contributed by atoms with E-state index in [-0.39, 0.29) is 29.6 Å². The summed E-state index contributed by atoms with van der Waals surface area (Å²) in [7, 11) is 0. The van der Waals surface area contributed by atoms with Crippen LogP contribution in [0.15, 0.2) is 0 Å². The first-order valence-electron chi connectivity index (χ1n) is 9.03. The first-order chi connectivity index (χ1) is 10.3. The van der Waals surface area contributed by atoms with E-state index in [2.05, 4.69) is 27.7 Å². The van der Waals surface area contributed by atoms with Crippen LogP contribution in [0.4, 0.5) is 0 Å². The number of carbonyl (C=O) groups excluding carboxylic acids is 1. The van der Waals surface area contributed by atoms with Crippen molar-refractivity contribution >= 4 is 5.91 Å². The van der Waals surface area contributed by atoms with Crippen LogP contribution in [0.5, 0.6) is 0 Å². The zero-order valence-electron chi connectivity index (χ0n) is 14.8. The Labute approximate surface area is 135 Å². The van der Waals surface area contributed by atoms with Crippen molar-refractivity contribution in [1.82, 2.24) is 4.90 Å². The quantitative estimate of drug-likeness (QED) is 0.868. The summed E-state index contributed by atoms with van der Waals surface area (Å²) < 4.78 is 6.20. The van der Waals surface area contributed by atoms with Gasteiger partial charge in [0.15, 0.2) is 0 Å². The summed E-state index contributed by atoms with van der Waals surface area (Å²) in [5.41, 5.74) is 6.17. The van der Waals surface area contributed by atoms with Crippen molar-refractivity contribution in [2.24, 2.45) is 17.1 Å². The number of ether oxygens (including phenoxy) is 1. The third-order valence-electron chi connectivity index (χ3n) is 5.52. The molecule has 1 saturated heterocycles. The lowest BCUT2D eigenvalue weighted by Crippen LogP contribution is -2.56. The number of hydrogen-bond donors (Lipinski definition) is 1. The molecule has 1 saturated carbocycles. The van der Waals surface area contributed by atoms with Crippen molar-refractivity contribution in [1.29, 1.82) is 0 Å². The molecule has 0 aromatic heterocycles. The molecule has 2 fully saturated rings. The highest BCUT2D eigenvalue weighted by Crippen LogP contribution is 2.30. The number of nitrogens with zero attached hydrogens (tertiary/aromatic N) is 1.